The van der Waals surface area contributed by atoms with Gasteiger partial charge in [-0.25, -0.2) is 0 Å². The predicted molar refractivity (Wildman–Crippen MR) is 81.1 cm³/mol. The molecule has 2 fully saturated rings. The zero-order valence-electron chi connectivity index (χ0n) is 11.8. The Morgan fingerprint density at radius 2 is 2.11 bits per heavy atom. The molecule has 0 spiro atoms. The Hall–Kier alpha value is -0.380. The minimum Gasteiger partial charge on any atom is -0.377 e. The van der Waals surface area contributed by atoms with Crippen LogP contribution in [0.4, 0.5) is 0 Å². The first-order valence-electron chi connectivity index (χ1n) is 7.14. The molecule has 1 aliphatic carbocycles. The lowest BCUT2D eigenvalue weighted by Gasteiger charge is -2.55. The summed E-state index contributed by atoms with van der Waals surface area (Å²) in [5.41, 5.74) is 1.58. The van der Waals surface area contributed by atoms with Gasteiger partial charge in [-0.2, -0.15) is 0 Å². The summed E-state index contributed by atoms with van der Waals surface area (Å²) in [6, 6.07) is 9.39. The Balaban J connectivity index is 1.74. The maximum atomic E-state index is 5.86. The van der Waals surface area contributed by atoms with Crippen molar-refractivity contribution in [2.45, 2.75) is 45.4 Å². The first-order chi connectivity index (χ1) is 9.01. The summed E-state index contributed by atoms with van der Waals surface area (Å²) in [6.45, 7) is 7.83. The SMILES string of the molecule is C[C@H](NC1C2CCOC2C1(C)C)c1ccccc1Br. The van der Waals surface area contributed by atoms with Gasteiger partial charge in [0.1, 0.15) is 0 Å². The van der Waals surface area contributed by atoms with E-state index >= 15 is 0 Å². The number of halogens is 1. The van der Waals surface area contributed by atoms with Crippen LogP contribution in [0.2, 0.25) is 0 Å². The molecule has 3 unspecified atom stereocenters. The Kier molecular flexibility index (Phi) is 3.48. The Morgan fingerprint density at radius 1 is 1.37 bits per heavy atom. The lowest BCUT2D eigenvalue weighted by molar-refractivity contribution is -0.115. The number of nitrogens with one attached hydrogen (secondary N) is 1. The Labute approximate surface area is 124 Å². The maximum Gasteiger partial charge on any atom is 0.0685 e. The van der Waals surface area contributed by atoms with Crippen molar-refractivity contribution in [1.29, 1.82) is 0 Å². The van der Waals surface area contributed by atoms with E-state index in [9.17, 15) is 0 Å². The number of rotatable bonds is 3. The van der Waals surface area contributed by atoms with Crippen LogP contribution in [0, 0.1) is 11.3 Å². The van der Waals surface area contributed by atoms with Gasteiger partial charge in [-0.05, 0) is 25.0 Å². The van der Waals surface area contributed by atoms with Gasteiger partial charge in [-0.1, -0.05) is 48.0 Å². The summed E-state index contributed by atoms with van der Waals surface area (Å²) in [7, 11) is 0. The molecule has 1 saturated heterocycles. The van der Waals surface area contributed by atoms with E-state index < -0.39 is 0 Å². The van der Waals surface area contributed by atoms with Crippen molar-refractivity contribution in [3.63, 3.8) is 0 Å². The zero-order valence-corrected chi connectivity index (χ0v) is 13.4. The van der Waals surface area contributed by atoms with E-state index in [1.165, 1.54) is 16.5 Å². The highest BCUT2D eigenvalue weighted by molar-refractivity contribution is 9.10. The van der Waals surface area contributed by atoms with Crippen molar-refractivity contribution >= 4 is 15.9 Å². The molecule has 1 aromatic rings. The molecule has 0 aromatic heterocycles. The first-order valence-corrected chi connectivity index (χ1v) is 7.93. The van der Waals surface area contributed by atoms with Crippen LogP contribution in [-0.4, -0.2) is 18.8 Å². The summed E-state index contributed by atoms with van der Waals surface area (Å²) in [4.78, 5) is 0. The average Bonchev–Trinajstić information content (AvgIpc) is 2.83. The number of ether oxygens (including phenoxy) is 1. The summed E-state index contributed by atoms with van der Waals surface area (Å²) in [5, 5.41) is 3.83. The molecule has 0 amide bonds. The van der Waals surface area contributed by atoms with Crippen LogP contribution in [0.25, 0.3) is 0 Å². The fourth-order valence-corrected chi connectivity index (χ4v) is 4.48. The molecule has 3 rings (SSSR count). The molecule has 3 heteroatoms. The van der Waals surface area contributed by atoms with Crippen LogP contribution in [-0.2, 0) is 4.74 Å². The predicted octanol–water partition coefficient (Wildman–Crippen LogP) is 3.91. The van der Waals surface area contributed by atoms with Crippen molar-refractivity contribution in [1.82, 2.24) is 5.32 Å². The molecule has 1 saturated carbocycles. The first kappa shape index (κ1) is 13.6. The van der Waals surface area contributed by atoms with Crippen LogP contribution in [0.5, 0.6) is 0 Å². The van der Waals surface area contributed by atoms with Gasteiger partial charge in [-0.3, -0.25) is 0 Å². The normalized spacial score (nSPS) is 33.6. The molecule has 1 heterocycles. The standard InChI is InChI=1S/C16H22BrNO/c1-10(11-6-4-5-7-13(11)17)18-14-12-8-9-19-15(12)16(14,2)3/h4-7,10,12,14-15,18H,8-9H2,1-3H3/t10-,12?,14?,15?/m0/s1. The van der Waals surface area contributed by atoms with Crippen molar-refractivity contribution in [2.24, 2.45) is 11.3 Å². The summed E-state index contributed by atoms with van der Waals surface area (Å²) < 4.78 is 7.05. The monoisotopic (exact) mass is 323 g/mol. The molecule has 104 valence electrons. The van der Waals surface area contributed by atoms with Crippen LogP contribution in [0.1, 0.15) is 38.8 Å². The third-order valence-corrected chi connectivity index (χ3v) is 5.62. The van der Waals surface area contributed by atoms with Gasteiger partial charge in [0.15, 0.2) is 0 Å². The van der Waals surface area contributed by atoms with Crippen molar-refractivity contribution in [3.8, 4) is 0 Å². The van der Waals surface area contributed by atoms with E-state index in [2.05, 4.69) is 66.3 Å². The quantitative estimate of drug-likeness (QED) is 0.910. The fraction of sp³-hybridized carbons (Fsp3) is 0.625. The molecule has 2 aliphatic rings. The van der Waals surface area contributed by atoms with Gasteiger partial charge < -0.3 is 10.1 Å². The highest BCUT2D eigenvalue weighted by Crippen LogP contribution is 2.52. The fourth-order valence-electron chi connectivity index (χ4n) is 3.85. The maximum absolute atomic E-state index is 5.86. The van der Waals surface area contributed by atoms with Crippen LogP contribution in [0.15, 0.2) is 28.7 Å². The largest absolute Gasteiger partial charge is 0.377 e. The molecule has 1 aromatic carbocycles. The van der Waals surface area contributed by atoms with Gasteiger partial charge in [-0.15, -0.1) is 0 Å². The van der Waals surface area contributed by atoms with Gasteiger partial charge >= 0.3 is 0 Å². The van der Waals surface area contributed by atoms with Gasteiger partial charge in [0.05, 0.1) is 6.10 Å². The molecule has 19 heavy (non-hydrogen) atoms. The third-order valence-electron chi connectivity index (χ3n) is 4.90. The van der Waals surface area contributed by atoms with Gasteiger partial charge in [0, 0.05) is 34.5 Å². The molecule has 0 bridgehead atoms. The van der Waals surface area contributed by atoms with Crippen molar-refractivity contribution in [2.75, 3.05) is 6.61 Å². The van der Waals surface area contributed by atoms with E-state index in [4.69, 9.17) is 4.74 Å². The number of hydrogen-bond acceptors (Lipinski definition) is 2. The summed E-state index contributed by atoms with van der Waals surface area (Å²) >= 11 is 3.65. The Morgan fingerprint density at radius 3 is 2.84 bits per heavy atom. The lowest BCUT2D eigenvalue weighted by Crippen LogP contribution is -2.66. The van der Waals surface area contributed by atoms with E-state index in [0.29, 0.717) is 24.1 Å². The van der Waals surface area contributed by atoms with E-state index in [1.807, 2.05) is 0 Å². The van der Waals surface area contributed by atoms with Gasteiger partial charge in [0.2, 0.25) is 0 Å². The molecular formula is C16H22BrNO. The third kappa shape index (κ3) is 2.16. The van der Waals surface area contributed by atoms with Crippen LogP contribution >= 0.6 is 15.9 Å². The summed E-state index contributed by atoms with van der Waals surface area (Å²) in [6.07, 6.45) is 1.66. The lowest BCUT2D eigenvalue weighted by atomic mass is 9.57. The zero-order chi connectivity index (χ0) is 13.6. The minimum atomic E-state index is 0.247. The number of fused-ring (bicyclic) bond motifs is 1. The second kappa shape index (κ2) is 4.87. The summed E-state index contributed by atoms with van der Waals surface area (Å²) in [5.74, 6) is 0.694. The topological polar surface area (TPSA) is 21.3 Å². The highest BCUT2D eigenvalue weighted by atomic mass is 79.9. The smallest absolute Gasteiger partial charge is 0.0685 e. The van der Waals surface area contributed by atoms with Crippen LogP contribution in [0.3, 0.4) is 0 Å². The highest BCUT2D eigenvalue weighted by Gasteiger charge is 2.59. The van der Waals surface area contributed by atoms with E-state index in [1.54, 1.807) is 0 Å². The number of benzene rings is 1. The van der Waals surface area contributed by atoms with Gasteiger partial charge in [0.25, 0.3) is 0 Å². The van der Waals surface area contributed by atoms with Crippen molar-refractivity contribution < 1.29 is 4.74 Å². The average molecular weight is 324 g/mol. The number of hydrogen-bond donors (Lipinski definition) is 1. The van der Waals surface area contributed by atoms with E-state index in [-0.39, 0.29) is 5.41 Å². The molecule has 1 aliphatic heterocycles. The molecule has 4 atom stereocenters. The molecule has 0 radical (unpaired) electrons. The minimum absolute atomic E-state index is 0.247. The second-order valence-corrected chi connectivity index (χ2v) is 7.31. The molecule has 2 nitrogen and oxygen atoms in total. The Bertz CT molecular complexity index is 474. The van der Waals surface area contributed by atoms with E-state index in [0.717, 1.165) is 6.61 Å². The molecule has 1 N–H and O–H groups in total. The van der Waals surface area contributed by atoms with Crippen molar-refractivity contribution in [3.05, 3.63) is 34.3 Å². The second-order valence-electron chi connectivity index (χ2n) is 6.45. The molecular weight excluding hydrogens is 302 g/mol. The van der Waals surface area contributed by atoms with Crippen LogP contribution < -0.4 is 5.32 Å².